The molecule has 0 amide bonds. The van der Waals surface area contributed by atoms with Crippen molar-refractivity contribution in [3.8, 4) is 0 Å². The van der Waals surface area contributed by atoms with E-state index in [1.807, 2.05) is 4.90 Å². The number of nitrogens with one attached hydrogen (secondary N) is 2. The van der Waals surface area contributed by atoms with E-state index in [0.29, 0.717) is 0 Å². The monoisotopic (exact) mass is 309 g/mol. The molecule has 2 bridgehead atoms. The Morgan fingerprint density at radius 1 is 1.09 bits per heavy atom. The average molecular weight is 309 g/mol. The number of piperidine rings is 3. The van der Waals surface area contributed by atoms with Gasteiger partial charge in [0.1, 0.15) is 12.1 Å². The second-order valence-electron chi connectivity index (χ2n) is 8.37. The molecule has 1 saturated carbocycles. The lowest BCUT2D eigenvalue weighted by molar-refractivity contribution is -0.989. The van der Waals surface area contributed by atoms with Crippen LogP contribution in [0, 0.1) is 11.8 Å². The number of hydrogen-bond donors (Lipinski definition) is 3. The lowest BCUT2D eigenvalue weighted by atomic mass is 9.61. The predicted molar refractivity (Wildman–Crippen MR) is 90.4 cm³/mol. The predicted octanol–water partition coefficient (Wildman–Crippen LogP) is 0.784. The number of rotatable bonds is 0. The van der Waals surface area contributed by atoms with Crippen LogP contribution in [0.3, 0.4) is 0 Å². The van der Waals surface area contributed by atoms with Crippen LogP contribution in [0.15, 0.2) is 24.3 Å². The zero-order valence-corrected chi connectivity index (χ0v) is 13.7. The molecule has 1 unspecified atom stereocenters. The highest BCUT2D eigenvalue weighted by molar-refractivity contribution is 5.85. The Hall–Kier alpha value is -1.32. The van der Waals surface area contributed by atoms with E-state index in [4.69, 9.17) is 0 Å². The first-order valence-corrected chi connectivity index (χ1v) is 9.70. The first-order chi connectivity index (χ1) is 11.4. The third-order valence-electron chi connectivity index (χ3n) is 7.62. The minimum atomic E-state index is 0.750. The van der Waals surface area contributed by atoms with Gasteiger partial charge in [0.15, 0.2) is 0 Å². The van der Waals surface area contributed by atoms with Crippen LogP contribution in [0.4, 0.5) is 0 Å². The summed E-state index contributed by atoms with van der Waals surface area (Å²) in [6, 6.07) is 11.6. The summed E-state index contributed by atoms with van der Waals surface area (Å²) in [5.74, 6) is 1.90. The quantitative estimate of drug-likeness (QED) is 0.643. The molecule has 120 valence electrons. The Balaban J connectivity index is 1.50. The van der Waals surface area contributed by atoms with Crippen molar-refractivity contribution in [3.05, 3.63) is 35.5 Å². The van der Waals surface area contributed by atoms with Gasteiger partial charge in [-0.2, -0.15) is 0 Å². The lowest BCUT2D eigenvalue weighted by Crippen LogP contribution is -3.23. The smallest absolute Gasteiger partial charge is 0.137 e. The number of H-pyrrole nitrogens is 1. The molecular formula is C20H27N3+2. The fourth-order valence-corrected chi connectivity index (χ4v) is 6.89. The number of hydrogen-bond acceptors (Lipinski definition) is 0. The molecule has 4 aliphatic heterocycles. The molecule has 5 heterocycles. The van der Waals surface area contributed by atoms with E-state index < -0.39 is 0 Å². The Morgan fingerprint density at radius 3 is 3.04 bits per heavy atom. The highest BCUT2D eigenvalue weighted by Gasteiger charge is 2.60. The van der Waals surface area contributed by atoms with Gasteiger partial charge >= 0.3 is 0 Å². The summed E-state index contributed by atoms with van der Waals surface area (Å²) in [5.41, 5.74) is 4.62. The topological polar surface area (TPSA) is 36.8 Å². The van der Waals surface area contributed by atoms with Crippen LogP contribution >= 0.6 is 0 Å². The van der Waals surface area contributed by atoms with Gasteiger partial charge in [-0.15, -0.1) is 0 Å². The third-order valence-corrected chi connectivity index (χ3v) is 7.62. The average Bonchev–Trinajstić information content (AvgIpc) is 3.01. The van der Waals surface area contributed by atoms with Crippen LogP contribution in [-0.4, -0.2) is 30.2 Å². The van der Waals surface area contributed by atoms with E-state index in [1.165, 1.54) is 56.1 Å². The van der Waals surface area contributed by atoms with E-state index >= 15 is 0 Å². The summed E-state index contributed by atoms with van der Waals surface area (Å²) in [5, 5.41) is 4.21. The largest absolute Gasteiger partial charge is 0.353 e. The molecule has 3 heteroatoms. The molecule has 6 atom stereocenters. The van der Waals surface area contributed by atoms with Crippen molar-refractivity contribution in [2.75, 3.05) is 13.1 Å². The molecule has 1 aromatic carbocycles. The van der Waals surface area contributed by atoms with Gasteiger partial charge in [-0.1, -0.05) is 18.2 Å². The van der Waals surface area contributed by atoms with Gasteiger partial charge in [0.2, 0.25) is 0 Å². The molecule has 5 aliphatic rings. The molecule has 1 aromatic heterocycles. The molecule has 0 radical (unpaired) electrons. The minimum absolute atomic E-state index is 0.750. The maximum atomic E-state index is 3.86. The van der Waals surface area contributed by atoms with Crippen molar-refractivity contribution >= 4 is 10.9 Å². The number of fused-ring (bicyclic) bond motifs is 4. The highest BCUT2D eigenvalue weighted by atomic mass is 15.3. The SMILES string of the molecule is c1ccc2c3c([nH]c2c1)[C@@H]1[C@@H]2CC[C@@H]([C@H]4CCC[NH2+][C@H]24)[NH+]1CC3. The zero-order valence-electron chi connectivity index (χ0n) is 13.7. The molecule has 3 nitrogen and oxygen atoms in total. The molecule has 0 spiro atoms. The second-order valence-corrected chi connectivity index (χ2v) is 8.37. The van der Waals surface area contributed by atoms with Crippen LogP contribution in [-0.2, 0) is 6.42 Å². The van der Waals surface area contributed by atoms with Gasteiger partial charge in [0, 0.05) is 23.7 Å². The van der Waals surface area contributed by atoms with E-state index in [9.17, 15) is 0 Å². The zero-order chi connectivity index (χ0) is 15.0. The number of nitrogens with two attached hydrogens (primary N) is 1. The highest BCUT2D eigenvalue weighted by Crippen LogP contribution is 2.44. The van der Waals surface area contributed by atoms with E-state index in [2.05, 4.69) is 34.6 Å². The van der Waals surface area contributed by atoms with Gasteiger partial charge in [0.05, 0.1) is 36.7 Å². The molecule has 3 saturated heterocycles. The molecule has 4 fully saturated rings. The molecule has 7 rings (SSSR count). The van der Waals surface area contributed by atoms with Crippen LogP contribution in [0.2, 0.25) is 0 Å². The van der Waals surface area contributed by atoms with Gasteiger partial charge in [-0.05, 0) is 30.9 Å². The van der Waals surface area contributed by atoms with Gasteiger partial charge < -0.3 is 15.2 Å². The summed E-state index contributed by atoms with van der Waals surface area (Å²) >= 11 is 0. The number of aromatic amines is 1. The van der Waals surface area contributed by atoms with Gasteiger partial charge in [-0.25, -0.2) is 0 Å². The minimum Gasteiger partial charge on any atom is -0.353 e. The summed E-state index contributed by atoms with van der Waals surface area (Å²) in [4.78, 5) is 5.80. The summed E-state index contributed by atoms with van der Waals surface area (Å²) in [6.45, 7) is 2.73. The van der Waals surface area contributed by atoms with Crippen molar-refractivity contribution in [1.29, 1.82) is 0 Å². The van der Waals surface area contributed by atoms with E-state index in [1.54, 1.807) is 11.3 Å². The van der Waals surface area contributed by atoms with E-state index in [0.717, 1.165) is 30.0 Å². The van der Waals surface area contributed by atoms with Crippen LogP contribution in [0.1, 0.15) is 43.0 Å². The number of benzene rings is 1. The maximum Gasteiger partial charge on any atom is 0.137 e. The van der Waals surface area contributed by atoms with Gasteiger partial charge in [-0.3, -0.25) is 0 Å². The third kappa shape index (κ3) is 1.62. The summed E-state index contributed by atoms with van der Waals surface area (Å²) in [6.07, 6.45) is 7.17. The fraction of sp³-hybridized carbons (Fsp3) is 0.600. The molecule has 2 aromatic rings. The molecule has 4 N–H and O–H groups in total. The Morgan fingerprint density at radius 2 is 2.04 bits per heavy atom. The molecule has 23 heavy (non-hydrogen) atoms. The van der Waals surface area contributed by atoms with Crippen molar-refractivity contribution in [3.63, 3.8) is 0 Å². The standard InChI is InChI=1S/C20H25N3/c1-2-6-16-12(4-1)13-9-11-23-17-8-7-15(20(23)19(13)22-16)18-14(17)5-3-10-21-18/h1-2,4,6,14-15,17-18,20-22H,3,5,7-11H2/p+2/t14-,15-,17+,18+,20+/m1/s1. The first-order valence-electron chi connectivity index (χ1n) is 9.70. The Kier molecular flexibility index (Phi) is 2.61. The Labute approximate surface area is 137 Å². The number of para-hydroxylation sites is 1. The number of aromatic nitrogens is 1. The van der Waals surface area contributed by atoms with Crippen molar-refractivity contribution in [1.82, 2.24) is 4.98 Å². The maximum absolute atomic E-state index is 3.86. The normalized spacial score (nSPS) is 41.4. The second kappa shape index (κ2) is 4.61. The summed E-state index contributed by atoms with van der Waals surface area (Å²) in [7, 11) is 0. The van der Waals surface area contributed by atoms with E-state index in [-0.39, 0.29) is 0 Å². The van der Waals surface area contributed by atoms with Crippen molar-refractivity contribution in [2.45, 2.75) is 50.2 Å². The van der Waals surface area contributed by atoms with Crippen LogP contribution < -0.4 is 10.2 Å². The lowest BCUT2D eigenvalue weighted by Gasteiger charge is -2.56. The van der Waals surface area contributed by atoms with Crippen molar-refractivity contribution in [2.24, 2.45) is 11.8 Å². The first kappa shape index (κ1) is 13.0. The number of quaternary nitrogens is 2. The van der Waals surface area contributed by atoms with Crippen LogP contribution in [0.25, 0.3) is 10.9 Å². The summed E-state index contributed by atoms with van der Waals surface area (Å²) < 4.78 is 0. The Bertz CT molecular complexity index is 763. The van der Waals surface area contributed by atoms with Crippen molar-refractivity contribution < 1.29 is 10.2 Å². The van der Waals surface area contributed by atoms with Gasteiger partial charge in [0.25, 0.3) is 0 Å². The fourth-order valence-electron chi connectivity index (χ4n) is 6.89. The molecular weight excluding hydrogens is 282 g/mol. The van der Waals surface area contributed by atoms with Crippen LogP contribution in [0.5, 0.6) is 0 Å². The molecule has 1 aliphatic carbocycles.